The van der Waals surface area contributed by atoms with Crippen LogP contribution in [-0.4, -0.2) is 43.4 Å². The first-order valence-corrected chi connectivity index (χ1v) is 10.2. The number of guanidine groups is 1. The van der Waals surface area contributed by atoms with Gasteiger partial charge in [0.15, 0.2) is 5.96 Å². The summed E-state index contributed by atoms with van der Waals surface area (Å²) in [6, 6.07) is 9.69. The molecule has 0 spiro atoms. The van der Waals surface area contributed by atoms with Gasteiger partial charge in [0.05, 0.1) is 12.6 Å². The third-order valence-electron chi connectivity index (χ3n) is 5.12. The van der Waals surface area contributed by atoms with Crippen LogP contribution in [0.1, 0.15) is 53.0 Å². The van der Waals surface area contributed by atoms with E-state index >= 15 is 0 Å². The molecule has 0 aliphatic carbocycles. The van der Waals surface area contributed by atoms with E-state index < -0.39 is 5.60 Å². The molecule has 28 heavy (non-hydrogen) atoms. The van der Waals surface area contributed by atoms with Gasteiger partial charge in [0.2, 0.25) is 0 Å². The number of hydrogen-bond donors (Lipinski definition) is 3. The summed E-state index contributed by atoms with van der Waals surface area (Å²) in [6.45, 7) is 13.3. The Hall–Kier alpha value is -0.860. The average molecular weight is 503 g/mol. The van der Waals surface area contributed by atoms with E-state index in [0.717, 1.165) is 44.1 Å². The van der Waals surface area contributed by atoms with Crippen molar-refractivity contribution >= 4 is 29.9 Å². The second kappa shape index (κ2) is 11.4. The molecule has 0 aromatic heterocycles. The van der Waals surface area contributed by atoms with Gasteiger partial charge in [-0.05, 0) is 37.7 Å². The summed E-state index contributed by atoms with van der Waals surface area (Å²) >= 11 is 0. The second-order valence-corrected chi connectivity index (χ2v) is 8.78. The highest BCUT2D eigenvalue weighted by Gasteiger charge is 2.35. The molecular weight excluding hydrogens is 465 g/mol. The molecule has 1 heterocycles. The number of rotatable bonds is 6. The fourth-order valence-corrected chi connectivity index (χ4v) is 3.70. The lowest BCUT2D eigenvalue weighted by atomic mass is 9.78. The van der Waals surface area contributed by atoms with Crippen molar-refractivity contribution in [3.05, 3.63) is 35.9 Å². The molecule has 1 aromatic rings. The molecule has 5 nitrogen and oxygen atoms in total. The maximum atomic E-state index is 10.8. The van der Waals surface area contributed by atoms with Crippen molar-refractivity contribution in [3.63, 3.8) is 0 Å². The van der Waals surface area contributed by atoms with E-state index in [1.165, 1.54) is 0 Å². The lowest BCUT2D eigenvalue weighted by Gasteiger charge is -2.40. The molecule has 3 atom stereocenters. The first-order valence-electron chi connectivity index (χ1n) is 10.2. The minimum atomic E-state index is -0.995. The number of aliphatic imine (C=N–C) groups is 1. The van der Waals surface area contributed by atoms with E-state index in [1.54, 1.807) is 6.92 Å². The molecule has 1 aliphatic rings. The predicted octanol–water partition coefficient (Wildman–Crippen LogP) is 3.91. The minimum absolute atomic E-state index is 0. The Morgan fingerprint density at radius 3 is 2.46 bits per heavy atom. The zero-order valence-electron chi connectivity index (χ0n) is 18.0. The monoisotopic (exact) mass is 503 g/mol. The third kappa shape index (κ3) is 7.52. The van der Waals surface area contributed by atoms with Gasteiger partial charge in [-0.3, -0.25) is 0 Å². The highest BCUT2D eigenvalue weighted by Crippen LogP contribution is 2.33. The topological polar surface area (TPSA) is 65.9 Å². The lowest BCUT2D eigenvalue weighted by Crippen LogP contribution is -2.47. The van der Waals surface area contributed by atoms with Crippen molar-refractivity contribution in [2.24, 2.45) is 16.3 Å². The zero-order chi connectivity index (χ0) is 19.9. The largest absolute Gasteiger partial charge is 0.384 e. The first kappa shape index (κ1) is 25.2. The Bertz CT molecular complexity index is 600. The van der Waals surface area contributed by atoms with Gasteiger partial charge in [-0.25, -0.2) is 4.99 Å². The molecule has 1 aliphatic heterocycles. The Morgan fingerprint density at radius 2 is 1.86 bits per heavy atom. The van der Waals surface area contributed by atoms with Gasteiger partial charge >= 0.3 is 0 Å². The van der Waals surface area contributed by atoms with E-state index in [2.05, 4.69) is 36.4 Å². The molecular formula is C22H38IN3O2. The molecule has 0 amide bonds. The number of hydrogen-bond acceptors (Lipinski definition) is 3. The number of ether oxygens (including phenoxy) is 1. The van der Waals surface area contributed by atoms with Gasteiger partial charge in [0.1, 0.15) is 5.60 Å². The number of benzene rings is 1. The molecule has 6 heteroatoms. The van der Waals surface area contributed by atoms with Crippen LogP contribution in [-0.2, 0) is 10.3 Å². The average Bonchev–Trinajstić information content (AvgIpc) is 2.64. The van der Waals surface area contributed by atoms with Crippen LogP contribution >= 0.6 is 24.0 Å². The van der Waals surface area contributed by atoms with Crippen LogP contribution in [0.15, 0.2) is 35.3 Å². The predicted molar refractivity (Wildman–Crippen MR) is 127 cm³/mol. The summed E-state index contributed by atoms with van der Waals surface area (Å²) in [5.74, 6) is 1.20. The van der Waals surface area contributed by atoms with E-state index in [1.807, 2.05) is 37.3 Å². The van der Waals surface area contributed by atoms with Crippen molar-refractivity contribution in [3.8, 4) is 0 Å². The summed E-state index contributed by atoms with van der Waals surface area (Å²) in [7, 11) is 0. The van der Waals surface area contributed by atoms with Crippen LogP contribution in [0.2, 0.25) is 0 Å². The van der Waals surface area contributed by atoms with E-state index in [0.29, 0.717) is 12.5 Å². The van der Waals surface area contributed by atoms with Crippen LogP contribution in [0.3, 0.4) is 0 Å². The molecule has 0 saturated carbocycles. The van der Waals surface area contributed by atoms with Crippen LogP contribution in [0, 0.1) is 11.3 Å². The first-order chi connectivity index (χ1) is 12.7. The Balaban J connectivity index is 0.00000392. The molecule has 1 aromatic carbocycles. The number of nitrogens with one attached hydrogen (secondary N) is 2. The normalized spacial score (nSPS) is 22.7. The van der Waals surface area contributed by atoms with Crippen molar-refractivity contribution < 1.29 is 9.84 Å². The van der Waals surface area contributed by atoms with Crippen LogP contribution in [0.5, 0.6) is 0 Å². The smallest absolute Gasteiger partial charge is 0.191 e. The van der Waals surface area contributed by atoms with Crippen LogP contribution < -0.4 is 10.6 Å². The van der Waals surface area contributed by atoms with Gasteiger partial charge < -0.3 is 20.5 Å². The summed E-state index contributed by atoms with van der Waals surface area (Å²) in [4.78, 5) is 4.64. The number of halogens is 1. The van der Waals surface area contributed by atoms with Crippen molar-refractivity contribution in [1.29, 1.82) is 0 Å². The summed E-state index contributed by atoms with van der Waals surface area (Å²) in [5, 5.41) is 17.5. The molecule has 160 valence electrons. The summed E-state index contributed by atoms with van der Waals surface area (Å²) in [5.41, 5.74) is 0.00292. The highest BCUT2D eigenvalue weighted by atomic mass is 127. The lowest BCUT2D eigenvalue weighted by molar-refractivity contribution is -0.0835. The van der Waals surface area contributed by atoms with E-state index in [-0.39, 0.29) is 35.5 Å². The van der Waals surface area contributed by atoms with Gasteiger partial charge in [0.25, 0.3) is 0 Å². The zero-order valence-corrected chi connectivity index (χ0v) is 20.3. The third-order valence-corrected chi connectivity index (χ3v) is 5.12. The molecule has 0 bridgehead atoms. The van der Waals surface area contributed by atoms with E-state index in [9.17, 15) is 5.11 Å². The fraction of sp³-hybridized carbons (Fsp3) is 0.682. The molecule has 0 radical (unpaired) electrons. The maximum absolute atomic E-state index is 10.8. The Kier molecular flexibility index (Phi) is 10.2. The van der Waals surface area contributed by atoms with Crippen LogP contribution in [0.4, 0.5) is 0 Å². The van der Waals surface area contributed by atoms with Crippen molar-refractivity contribution in [2.75, 3.05) is 26.2 Å². The second-order valence-electron chi connectivity index (χ2n) is 8.78. The molecule has 3 N–H and O–H groups in total. The number of aliphatic hydroxyl groups is 1. The van der Waals surface area contributed by atoms with Gasteiger partial charge in [-0.2, -0.15) is 0 Å². The molecule has 2 rings (SSSR count). The van der Waals surface area contributed by atoms with Crippen LogP contribution in [0.25, 0.3) is 0 Å². The molecule has 1 saturated heterocycles. The Morgan fingerprint density at radius 1 is 1.18 bits per heavy atom. The van der Waals surface area contributed by atoms with Gasteiger partial charge in [-0.1, -0.05) is 51.1 Å². The molecule has 1 fully saturated rings. The highest BCUT2D eigenvalue weighted by molar-refractivity contribution is 14.0. The standard InChI is InChI=1S/C22H37N3O2.HI/c1-6-23-20(25-16-22(5,26)18-12-8-7-9-13-18)24-15-17-11-10-14-27-19(17)21(2,3)4;/h7-9,12-13,17,19,26H,6,10-11,14-16H2,1-5H3,(H2,23,24,25);1H. The minimum Gasteiger partial charge on any atom is -0.384 e. The van der Waals surface area contributed by atoms with Gasteiger partial charge in [0, 0.05) is 25.6 Å². The quantitative estimate of drug-likeness (QED) is 0.313. The fourth-order valence-electron chi connectivity index (χ4n) is 3.70. The van der Waals surface area contributed by atoms with Crippen molar-refractivity contribution in [1.82, 2.24) is 10.6 Å². The summed E-state index contributed by atoms with van der Waals surface area (Å²) in [6.07, 6.45) is 2.51. The summed E-state index contributed by atoms with van der Waals surface area (Å²) < 4.78 is 6.08. The SMILES string of the molecule is CCNC(=NCC(C)(O)c1ccccc1)NCC1CCCOC1C(C)(C)C.I. The Labute approximate surface area is 187 Å². The maximum Gasteiger partial charge on any atom is 0.191 e. The number of nitrogens with zero attached hydrogens (tertiary/aromatic N) is 1. The van der Waals surface area contributed by atoms with Crippen molar-refractivity contribution in [2.45, 2.75) is 59.2 Å². The van der Waals surface area contributed by atoms with Gasteiger partial charge in [-0.15, -0.1) is 24.0 Å². The van der Waals surface area contributed by atoms with E-state index in [4.69, 9.17) is 4.74 Å². The molecule has 3 unspecified atom stereocenters.